The molecule has 1 aliphatic rings. The van der Waals surface area contributed by atoms with Crippen LogP contribution in [0.25, 0.3) is 0 Å². The van der Waals surface area contributed by atoms with Gasteiger partial charge in [-0.15, -0.1) is 0 Å². The van der Waals surface area contributed by atoms with Crippen LogP contribution in [0.3, 0.4) is 0 Å². The van der Waals surface area contributed by atoms with E-state index in [-0.39, 0.29) is 4.90 Å². The van der Waals surface area contributed by atoms with E-state index in [1.165, 1.54) is 22.5 Å². The van der Waals surface area contributed by atoms with Crippen molar-refractivity contribution in [2.75, 3.05) is 10.8 Å². The second-order valence-corrected chi connectivity index (χ2v) is 7.15. The minimum atomic E-state index is -3.90. The molecule has 0 atom stereocenters. The van der Waals surface area contributed by atoms with E-state index >= 15 is 0 Å². The summed E-state index contributed by atoms with van der Waals surface area (Å²) < 4.78 is 40.5. The number of halogens is 2. The zero-order valence-corrected chi connectivity index (χ0v) is 12.7. The molecule has 1 heterocycles. The van der Waals surface area contributed by atoms with Crippen LogP contribution in [-0.2, 0) is 16.4 Å². The van der Waals surface area contributed by atoms with Crippen molar-refractivity contribution in [3.05, 3.63) is 58.9 Å². The predicted molar refractivity (Wildman–Crippen MR) is 80.7 cm³/mol. The van der Waals surface area contributed by atoms with Crippen molar-refractivity contribution in [2.24, 2.45) is 0 Å². The SMILES string of the molecule is O=S(=O)(c1ccccc1F)N1CCCc2cc(Cl)ccc21. The molecule has 0 aliphatic carbocycles. The number of hydrogen-bond donors (Lipinski definition) is 0. The van der Waals surface area contributed by atoms with Crippen molar-refractivity contribution < 1.29 is 12.8 Å². The zero-order valence-electron chi connectivity index (χ0n) is 11.1. The van der Waals surface area contributed by atoms with Gasteiger partial charge in [0.1, 0.15) is 10.7 Å². The van der Waals surface area contributed by atoms with Crippen molar-refractivity contribution in [1.29, 1.82) is 0 Å². The van der Waals surface area contributed by atoms with E-state index in [9.17, 15) is 12.8 Å². The van der Waals surface area contributed by atoms with Crippen LogP contribution in [0.5, 0.6) is 0 Å². The van der Waals surface area contributed by atoms with Crippen LogP contribution in [0, 0.1) is 5.82 Å². The predicted octanol–water partition coefficient (Wildman–Crippen LogP) is 3.62. The van der Waals surface area contributed by atoms with Gasteiger partial charge in [0.2, 0.25) is 0 Å². The molecule has 1 aliphatic heterocycles. The lowest BCUT2D eigenvalue weighted by Gasteiger charge is -2.30. The maximum Gasteiger partial charge on any atom is 0.267 e. The first-order valence-corrected chi connectivity index (χ1v) is 8.37. The molecule has 110 valence electrons. The van der Waals surface area contributed by atoms with Crippen molar-refractivity contribution >= 4 is 27.3 Å². The Kier molecular flexibility index (Phi) is 3.63. The van der Waals surface area contributed by atoms with Crippen LogP contribution in [0.2, 0.25) is 5.02 Å². The van der Waals surface area contributed by atoms with E-state index in [0.717, 1.165) is 18.1 Å². The molecule has 2 aromatic carbocycles. The van der Waals surface area contributed by atoms with E-state index in [1.54, 1.807) is 18.2 Å². The molecular formula is C15H13ClFNO2S. The number of aryl methyl sites for hydroxylation is 1. The lowest BCUT2D eigenvalue weighted by atomic mass is 10.0. The fourth-order valence-corrected chi connectivity index (χ4v) is 4.36. The van der Waals surface area contributed by atoms with Gasteiger partial charge >= 0.3 is 0 Å². The third-order valence-electron chi connectivity index (χ3n) is 3.52. The second kappa shape index (κ2) is 5.31. The highest BCUT2D eigenvalue weighted by atomic mass is 35.5. The third-order valence-corrected chi connectivity index (χ3v) is 5.60. The highest BCUT2D eigenvalue weighted by molar-refractivity contribution is 7.92. The number of rotatable bonds is 2. The van der Waals surface area contributed by atoms with Gasteiger partial charge in [-0.3, -0.25) is 4.31 Å². The molecule has 3 nitrogen and oxygen atoms in total. The number of benzene rings is 2. The molecule has 3 rings (SSSR count). The van der Waals surface area contributed by atoms with Crippen molar-refractivity contribution in [3.8, 4) is 0 Å². The van der Waals surface area contributed by atoms with Crippen LogP contribution >= 0.6 is 11.6 Å². The topological polar surface area (TPSA) is 37.4 Å². The molecule has 0 fully saturated rings. The van der Waals surface area contributed by atoms with Gasteiger partial charge in [-0.05, 0) is 48.7 Å². The van der Waals surface area contributed by atoms with Gasteiger partial charge in [0.05, 0.1) is 5.69 Å². The molecule has 0 saturated carbocycles. The molecule has 21 heavy (non-hydrogen) atoms. The van der Waals surface area contributed by atoms with Gasteiger partial charge in [-0.2, -0.15) is 0 Å². The molecule has 0 amide bonds. The highest BCUT2D eigenvalue weighted by Crippen LogP contribution is 2.34. The van der Waals surface area contributed by atoms with E-state index in [2.05, 4.69) is 0 Å². The number of hydrogen-bond acceptors (Lipinski definition) is 2. The van der Waals surface area contributed by atoms with E-state index in [1.807, 2.05) is 0 Å². The Labute approximate surface area is 128 Å². The van der Waals surface area contributed by atoms with Gasteiger partial charge in [0.15, 0.2) is 0 Å². The van der Waals surface area contributed by atoms with Gasteiger partial charge in [0.25, 0.3) is 10.0 Å². The van der Waals surface area contributed by atoms with Crippen molar-refractivity contribution in [2.45, 2.75) is 17.7 Å². The van der Waals surface area contributed by atoms with Crippen LogP contribution < -0.4 is 4.31 Å². The molecule has 0 aromatic heterocycles. The summed E-state index contributed by atoms with van der Waals surface area (Å²) in [4.78, 5) is -0.298. The van der Waals surface area contributed by atoms with Gasteiger partial charge in [-0.1, -0.05) is 23.7 Å². The molecule has 0 unspecified atom stereocenters. The largest absolute Gasteiger partial charge is 0.267 e. The Morgan fingerprint density at radius 2 is 1.90 bits per heavy atom. The average molecular weight is 326 g/mol. The van der Waals surface area contributed by atoms with Gasteiger partial charge in [-0.25, -0.2) is 12.8 Å². The maximum absolute atomic E-state index is 13.9. The molecule has 0 bridgehead atoms. The minimum absolute atomic E-state index is 0.298. The number of anilines is 1. The smallest absolute Gasteiger partial charge is 0.266 e. The number of fused-ring (bicyclic) bond motifs is 1. The standard InChI is InChI=1S/C15H13ClFNO2S/c16-12-7-8-14-11(10-12)4-3-9-18(14)21(19,20)15-6-2-1-5-13(15)17/h1-2,5-8,10H,3-4,9H2. The Hall–Kier alpha value is -1.59. The quantitative estimate of drug-likeness (QED) is 0.845. The third kappa shape index (κ3) is 2.51. The number of nitrogens with zero attached hydrogens (tertiary/aromatic N) is 1. The minimum Gasteiger partial charge on any atom is -0.266 e. The highest BCUT2D eigenvalue weighted by Gasteiger charge is 2.30. The summed E-state index contributed by atoms with van der Waals surface area (Å²) in [5, 5.41) is 0.568. The molecule has 0 spiro atoms. The first-order valence-electron chi connectivity index (χ1n) is 6.56. The summed E-state index contributed by atoms with van der Waals surface area (Å²) >= 11 is 5.95. The normalized spacial score (nSPS) is 14.9. The lowest BCUT2D eigenvalue weighted by Crippen LogP contribution is -2.35. The van der Waals surface area contributed by atoms with E-state index in [4.69, 9.17) is 11.6 Å². The zero-order chi connectivity index (χ0) is 15.0. The molecular weight excluding hydrogens is 313 g/mol. The summed E-state index contributed by atoms with van der Waals surface area (Å²) in [6, 6.07) is 10.5. The summed E-state index contributed by atoms with van der Waals surface area (Å²) in [5.74, 6) is -0.737. The molecule has 0 radical (unpaired) electrons. The Balaban J connectivity index is 2.12. The van der Waals surface area contributed by atoms with Crippen LogP contribution in [0.1, 0.15) is 12.0 Å². The second-order valence-electron chi connectivity index (χ2n) is 4.88. The van der Waals surface area contributed by atoms with Crippen LogP contribution in [0.15, 0.2) is 47.4 Å². The summed E-state index contributed by atoms with van der Waals surface area (Å²) in [6.45, 7) is 0.339. The van der Waals surface area contributed by atoms with Gasteiger partial charge < -0.3 is 0 Å². The fraction of sp³-hybridized carbons (Fsp3) is 0.200. The van der Waals surface area contributed by atoms with Crippen molar-refractivity contribution in [1.82, 2.24) is 0 Å². The Bertz CT molecular complexity index is 792. The summed E-state index contributed by atoms with van der Waals surface area (Å²) in [7, 11) is -3.90. The molecule has 2 aromatic rings. The first kappa shape index (κ1) is 14.4. The van der Waals surface area contributed by atoms with Crippen LogP contribution in [-0.4, -0.2) is 15.0 Å². The van der Waals surface area contributed by atoms with Crippen molar-refractivity contribution in [3.63, 3.8) is 0 Å². The number of sulfonamides is 1. The molecule has 6 heteroatoms. The van der Waals surface area contributed by atoms with Crippen LogP contribution in [0.4, 0.5) is 10.1 Å². The van der Waals surface area contributed by atoms with E-state index < -0.39 is 15.8 Å². The molecule has 0 N–H and O–H groups in total. The maximum atomic E-state index is 13.9. The van der Waals surface area contributed by atoms with E-state index in [0.29, 0.717) is 23.7 Å². The Morgan fingerprint density at radius 1 is 1.14 bits per heavy atom. The lowest BCUT2D eigenvalue weighted by molar-refractivity contribution is 0.561. The fourth-order valence-electron chi connectivity index (χ4n) is 2.55. The van der Waals surface area contributed by atoms with Gasteiger partial charge in [0, 0.05) is 11.6 Å². The Morgan fingerprint density at radius 3 is 2.67 bits per heavy atom. The monoisotopic (exact) mass is 325 g/mol. The first-order chi connectivity index (χ1) is 10.00. The molecule has 0 saturated heterocycles. The summed E-state index contributed by atoms with van der Waals surface area (Å²) in [5.41, 5.74) is 1.45. The average Bonchev–Trinajstić information content (AvgIpc) is 2.46. The summed E-state index contributed by atoms with van der Waals surface area (Å²) in [6.07, 6.45) is 1.44.